The van der Waals surface area contributed by atoms with E-state index < -0.39 is 49.5 Å². The van der Waals surface area contributed by atoms with Gasteiger partial charge < -0.3 is 40.3 Å². The Morgan fingerprint density at radius 3 is 1.58 bits per heavy atom. The van der Waals surface area contributed by atoms with Gasteiger partial charge in [0, 0.05) is 6.42 Å². The number of nitrogens with one attached hydrogen (secondary N) is 1. The van der Waals surface area contributed by atoms with Crippen molar-refractivity contribution in [2.75, 3.05) is 13.2 Å². The normalized spacial score (nSPS) is 23.2. The van der Waals surface area contributed by atoms with Crippen LogP contribution in [0.2, 0.25) is 0 Å². The van der Waals surface area contributed by atoms with Crippen molar-refractivity contribution in [2.24, 2.45) is 0 Å². The molecule has 0 radical (unpaired) electrons. The van der Waals surface area contributed by atoms with Gasteiger partial charge in [-0.3, -0.25) is 4.79 Å². The van der Waals surface area contributed by atoms with Crippen LogP contribution in [0.4, 0.5) is 0 Å². The van der Waals surface area contributed by atoms with Crippen molar-refractivity contribution in [2.45, 2.75) is 211 Å². The van der Waals surface area contributed by atoms with Crippen LogP contribution in [0.15, 0.2) is 0 Å². The van der Waals surface area contributed by atoms with E-state index in [9.17, 15) is 30.3 Å². The van der Waals surface area contributed by atoms with Crippen LogP contribution in [0.5, 0.6) is 0 Å². The van der Waals surface area contributed by atoms with Gasteiger partial charge in [-0.1, -0.05) is 149 Å². The third kappa shape index (κ3) is 20.2. The molecule has 0 saturated carbocycles. The molecule has 1 heterocycles. The highest BCUT2D eigenvalue weighted by Gasteiger charge is 2.44. The van der Waals surface area contributed by atoms with E-state index in [1.807, 2.05) is 0 Å². The maximum Gasteiger partial charge on any atom is 0.220 e. The van der Waals surface area contributed by atoms with Gasteiger partial charge in [0.15, 0.2) is 6.29 Å². The number of carbonyl (C=O) groups excluding carboxylic acids is 1. The molecular formula is C36H71NO8. The molecule has 0 aromatic heterocycles. The largest absolute Gasteiger partial charge is 0.394 e. The molecule has 0 aliphatic carbocycles. The molecule has 1 aliphatic rings. The fourth-order valence-electron chi connectivity index (χ4n) is 6.10. The van der Waals surface area contributed by atoms with Crippen molar-refractivity contribution in [1.29, 1.82) is 0 Å². The average Bonchev–Trinajstić information content (AvgIpc) is 3.03. The number of carbonyl (C=O) groups is 1. The maximum atomic E-state index is 12.8. The zero-order valence-electron chi connectivity index (χ0n) is 28.9. The highest BCUT2D eigenvalue weighted by Crippen LogP contribution is 2.23. The van der Waals surface area contributed by atoms with Crippen LogP contribution in [-0.2, 0) is 14.3 Å². The summed E-state index contributed by atoms with van der Waals surface area (Å²) in [6.45, 7) is 3.77. The fourth-order valence-corrected chi connectivity index (χ4v) is 6.10. The van der Waals surface area contributed by atoms with Gasteiger partial charge in [-0.05, 0) is 12.8 Å². The van der Waals surface area contributed by atoms with Crippen molar-refractivity contribution >= 4 is 5.91 Å². The number of ether oxygens (including phenoxy) is 2. The molecule has 0 bridgehead atoms. The van der Waals surface area contributed by atoms with Crippen LogP contribution in [0.1, 0.15) is 168 Å². The molecule has 7 atom stereocenters. The van der Waals surface area contributed by atoms with Gasteiger partial charge in [0.25, 0.3) is 0 Å². The number of unbranched alkanes of at least 4 members (excludes halogenated alkanes) is 20. The Bertz CT molecular complexity index is 681. The summed E-state index contributed by atoms with van der Waals surface area (Å²) in [5.41, 5.74) is 0. The third-order valence-electron chi connectivity index (χ3n) is 9.21. The van der Waals surface area contributed by atoms with E-state index in [4.69, 9.17) is 9.47 Å². The predicted molar refractivity (Wildman–Crippen MR) is 180 cm³/mol. The first-order valence-electron chi connectivity index (χ1n) is 18.7. The maximum absolute atomic E-state index is 12.8. The minimum absolute atomic E-state index is 0.134. The Kier molecular flexibility index (Phi) is 26.5. The van der Waals surface area contributed by atoms with Gasteiger partial charge >= 0.3 is 0 Å². The molecule has 1 rings (SSSR count). The molecule has 1 saturated heterocycles. The quantitative estimate of drug-likeness (QED) is 0.0517. The van der Waals surface area contributed by atoms with E-state index in [1.165, 1.54) is 103 Å². The number of aliphatic hydroxyl groups excluding tert-OH is 5. The molecule has 7 unspecified atom stereocenters. The summed E-state index contributed by atoms with van der Waals surface area (Å²) < 4.78 is 11.2. The molecule has 9 heteroatoms. The average molecular weight is 646 g/mol. The minimum Gasteiger partial charge on any atom is -0.394 e. The number of aliphatic hydroxyl groups is 5. The third-order valence-corrected chi connectivity index (χ3v) is 9.21. The zero-order chi connectivity index (χ0) is 33.1. The van der Waals surface area contributed by atoms with Crippen LogP contribution in [0.25, 0.3) is 0 Å². The lowest BCUT2D eigenvalue weighted by Gasteiger charge is -2.40. The second-order valence-corrected chi connectivity index (χ2v) is 13.4. The monoisotopic (exact) mass is 646 g/mol. The van der Waals surface area contributed by atoms with Gasteiger partial charge in [0.2, 0.25) is 5.91 Å². The molecule has 1 fully saturated rings. The molecule has 45 heavy (non-hydrogen) atoms. The Balaban J connectivity index is 2.39. The molecule has 9 nitrogen and oxygen atoms in total. The SMILES string of the molecule is CCCCCCCCCCCCCCCCCC(O)C(COC1OC(CO)C(O)C(O)C1O)NC(=O)CCCCCCCCC. The molecule has 1 aliphatic heterocycles. The Morgan fingerprint density at radius 2 is 1.11 bits per heavy atom. The molecule has 6 N–H and O–H groups in total. The van der Waals surface area contributed by atoms with Crippen LogP contribution < -0.4 is 5.32 Å². The Labute approximate surface area is 274 Å². The highest BCUT2D eigenvalue weighted by molar-refractivity contribution is 5.76. The van der Waals surface area contributed by atoms with Gasteiger partial charge in [-0.25, -0.2) is 0 Å². The summed E-state index contributed by atoms with van der Waals surface area (Å²) in [5, 5.41) is 53.9. The van der Waals surface area contributed by atoms with E-state index in [1.54, 1.807) is 0 Å². The van der Waals surface area contributed by atoms with Crippen molar-refractivity contribution in [3.8, 4) is 0 Å². The van der Waals surface area contributed by atoms with Gasteiger partial charge in [-0.15, -0.1) is 0 Å². The molecule has 0 spiro atoms. The Hall–Kier alpha value is -0.810. The van der Waals surface area contributed by atoms with Crippen LogP contribution in [0, 0.1) is 0 Å². The second-order valence-electron chi connectivity index (χ2n) is 13.4. The summed E-state index contributed by atoms with van der Waals surface area (Å²) >= 11 is 0. The highest BCUT2D eigenvalue weighted by atomic mass is 16.7. The van der Waals surface area contributed by atoms with Gasteiger partial charge in [0.1, 0.15) is 24.4 Å². The van der Waals surface area contributed by atoms with Crippen molar-refractivity contribution in [3.63, 3.8) is 0 Å². The van der Waals surface area contributed by atoms with E-state index in [0.29, 0.717) is 12.8 Å². The van der Waals surface area contributed by atoms with Gasteiger partial charge in [0.05, 0.1) is 25.4 Å². The second kappa shape index (κ2) is 28.2. The zero-order valence-corrected chi connectivity index (χ0v) is 28.9. The molecule has 0 aromatic carbocycles. The lowest BCUT2D eigenvalue weighted by molar-refractivity contribution is -0.302. The topological polar surface area (TPSA) is 149 Å². The summed E-state index contributed by atoms with van der Waals surface area (Å²) in [7, 11) is 0. The first-order chi connectivity index (χ1) is 21.8. The van der Waals surface area contributed by atoms with E-state index in [-0.39, 0.29) is 12.5 Å². The molecule has 0 aromatic rings. The van der Waals surface area contributed by atoms with E-state index in [2.05, 4.69) is 19.2 Å². The summed E-state index contributed by atoms with van der Waals surface area (Å²) in [5.74, 6) is -0.151. The minimum atomic E-state index is -1.54. The van der Waals surface area contributed by atoms with Crippen molar-refractivity contribution in [1.82, 2.24) is 5.32 Å². The van der Waals surface area contributed by atoms with E-state index >= 15 is 0 Å². The molecule has 268 valence electrons. The van der Waals surface area contributed by atoms with Gasteiger partial charge in [-0.2, -0.15) is 0 Å². The number of rotatable bonds is 30. The molecular weight excluding hydrogens is 574 g/mol. The first-order valence-corrected chi connectivity index (χ1v) is 18.7. The number of amides is 1. The Morgan fingerprint density at radius 1 is 0.667 bits per heavy atom. The standard InChI is InChI=1S/C36H71NO8/c1-3-5-7-9-11-12-13-14-15-16-17-18-20-21-23-25-30(39)29(37-32(40)26-24-22-19-10-8-6-4-2)28-44-36-35(43)34(42)33(41)31(27-38)45-36/h29-31,33-36,38-39,41-43H,3-28H2,1-2H3,(H,37,40). The van der Waals surface area contributed by atoms with Crippen molar-refractivity contribution < 1.29 is 39.8 Å². The summed E-state index contributed by atoms with van der Waals surface area (Å²) in [6.07, 6.45) is 19.8. The number of hydrogen-bond donors (Lipinski definition) is 6. The fraction of sp³-hybridized carbons (Fsp3) is 0.972. The number of hydrogen-bond acceptors (Lipinski definition) is 8. The lowest BCUT2D eigenvalue weighted by Crippen LogP contribution is -2.60. The lowest BCUT2D eigenvalue weighted by atomic mass is 9.99. The summed E-state index contributed by atoms with van der Waals surface area (Å²) in [6, 6.07) is -0.707. The predicted octanol–water partition coefficient (Wildman–Crippen LogP) is 6.05. The van der Waals surface area contributed by atoms with E-state index in [0.717, 1.165) is 38.5 Å². The first kappa shape index (κ1) is 42.2. The van der Waals surface area contributed by atoms with Crippen LogP contribution >= 0.6 is 0 Å². The summed E-state index contributed by atoms with van der Waals surface area (Å²) in [4.78, 5) is 12.8. The molecule has 1 amide bonds. The van der Waals surface area contributed by atoms with Crippen molar-refractivity contribution in [3.05, 3.63) is 0 Å². The van der Waals surface area contributed by atoms with Crippen LogP contribution in [0.3, 0.4) is 0 Å². The smallest absolute Gasteiger partial charge is 0.220 e. The van der Waals surface area contributed by atoms with Crippen LogP contribution in [-0.4, -0.2) is 87.5 Å².